The normalized spacial score (nSPS) is 10.3. The lowest BCUT2D eigenvalue weighted by atomic mass is 10.2. The van der Waals surface area contributed by atoms with Crippen LogP contribution in [0.15, 0.2) is 84.9 Å². The highest BCUT2D eigenvalue weighted by atomic mass is 16.6. The van der Waals surface area contributed by atoms with Crippen LogP contribution in [0.4, 0.5) is 34.5 Å². The average Bonchev–Trinajstić information content (AvgIpc) is 2.81. The van der Waals surface area contributed by atoms with Crippen LogP contribution in [-0.4, -0.2) is 20.8 Å². The van der Waals surface area contributed by atoms with Crippen LogP contribution in [0, 0.1) is 17.0 Å². The van der Waals surface area contributed by atoms with Crippen molar-refractivity contribution in [2.75, 3.05) is 16.0 Å². The Hall–Kier alpha value is -4.79. The van der Waals surface area contributed by atoms with Gasteiger partial charge in [-0.1, -0.05) is 24.3 Å². The van der Waals surface area contributed by atoms with Gasteiger partial charge < -0.3 is 16.0 Å². The molecule has 4 aromatic rings. The van der Waals surface area contributed by atoms with Crippen LogP contribution in [0.25, 0.3) is 0 Å². The molecule has 0 aliphatic heterocycles. The molecule has 33 heavy (non-hydrogen) atoms. The first-order chi connectivity index (χ1) is 16.0. The number of non-ortho nitro benzene ring substituents is 1. The second kappa shape index (κ2) is 9.56. The van der Waals surface area contributed by atoms with E-state index in [0.29, 0.717) is 17.5 Å². The molecule has 0 unspecified atom stereocenters. The highest BCUT2D eigenvalue weighted by molar-refractivity contribution is 6.04. The molecule has 0 spiro atoms. The van der Waals surface area contributed by atoms with Crippen LogP contribution in [0.2, 0.25) is 0 Å². The average molecular weight is 440 g/mol. The van der Waals surface area contributed by atoms with Crippen molar-refractivity contribution in [3.63, 3.8) is 0 Å². The Morgan fingerprint density at radius 2 is 1.52 bits per heavy atom. The van der Waals surface area contributed by atoms with Crippen molar-refractivity contribution >= 4 is 40.4 Å². The number of para-hydroxylation sites is 1. The minimum Gasteiger partial charge on any atom is -0.340 e. The summed E-state index contributed by atoms with van der Waals surface area (Å²) < 4.78 is 0. The number of aromatic nitrogens is 2. The number of nitro benzene ring substituents is 1. The van der Waals surface area contributed by atoms with Crippen molar-refractivity contribution in [3.8, 4) is 0 Å². The highest BCUT2D eigenvalue weighted by Gasteiger charge is 2.12. The number of benzene rings is 3. The number of carbonyl (C=O) groups excluding carboxylic acids is 1. The Morgan fingerprint density at radius 1 is 0.818 bits per heavy atom. The molecule has 0 atom stereocenters. The molecule has 3 aromatic carbocycles. The zero-order chi connectivity index (χ0) is 23.2. The van der Waals surface area contributed by atoms with Gasteiger partial charge >= 0.3 is 0 Å². The van der Waals surface area contributed by atoms with Gasteiger partial charge in [-0.25, -0.2) is 4.98 Å². The first-order valence-corrected chi connectivity index (χ1v) is 10.1. The van der Waals surface area contributed by atoms with Gasteiger partial charge in [-0.2, -0.15) is 4.98 Å². The summed E-state index contributed by atoms with van der Waals surface area (Å²) in [4.78, 5) is 31.7. The number of nitrogens with one attached hydrogen (secondary N) is 3. The van der Waals surface area contributed by atoms with E-state index in [1.54, 1.807) is 24.3 Å². The molecule has 3 N–H and O–H groups in total. The summed E-state index contributed by atoms with van der Waals surface area (Å²) in [6, 6.07) is 24.1. The van der Waals surface area contributed by atoms with E-state index in [1.165, 1.54) is 24.3 Å². The van der Waals surface area contributed by atoms with Crippen molar-refractivity contribution < 1.29 is 9.72 Å². The Bertz CT molecular complexity index is 1290. The van der Waals surface area contributed by atoms with Gasteiger partial charge in [-0.3, -0.25) is 14.9 Å². The summed E-state index contributed by atoms with van der Waals surface area (Å²) in [5.74, 6) is 0.664. The maximum absolute atomic E-state index is 12.4. The molecule has 0 saturated heterocycles. The molecule has 1 heterocycles. The van der Waals surface area contributed by atoms with E-state index in [9.17, 15) is 14.9 Å². The lowest BCUT2D eigenvalue weighted by molar-refractivity contribution is -0.384. The first kappa shape index (κ1) is 21.4. The van der Waals surface area contributed by atoms with Gasteiger partial charge in [0.2, 0.25) is 5.95 Å². The van der Waals surface area contributed by atoms with Crippen LogP contribution in [0.3, 0.4) is 0 Å². The van der Waals surface area contributed by atoms with E-state index in [2.05, 4.69) is 25.9 Å². The second-order valence-corrected chi connectivity index (χ2v) is 7.17. The highest BCUT2D eigenvalue weighted by Crippen LogP contribution is 2.21. The maximum Gasteiger partial charge on any atom is 0.270 e. The van der Waals surface area contributed by atoms with Crippen LogP contribution in [0.5, 0.6) is 0 Å². The number of hydrogen-bond donors (Lipinski definition) is 3. The predicted molar refractivity (Wildman–Crippen MR) is 127 cm³/mol. The number of nitrogens with zero attached hydrogens (tertiary/aromatic N) is 3. The van der Waals surface area contributed by atoms with E-state index in [4.69, 9.17) is 0 Å². The van der Waals surface area contributed by atoms with Crippen molar-refractivity contribution in [1.29, 1.82) is 0 Å². The van der Waals surface area contributed by atoms with Crippen molar-refractivity contribution in [1.82, 2.24) is 9.97 Å². The molecular weight excluding hydrogens is 420 g/mol. The van der Waals surface area contributed by atoms with Gasteiger partial charge in [-0.15, -0.1) is 0 Å². The van der Waals surface area contributed by atoms with E-state index in [-0.39, 0.29) is 11.3 Å². The third kappa shape index (κ3) is 5.67. The monoisotopic (exact) mass is 440 g/mol. The number of aryl methyl sites for hydroxylation is 1. The third-order valence-corrected chi connectivity index (χ3v) is 4.62. The van der Waals surface area contributed by atoms with Gasteiger partial charge in [0.25, 0.3) is 11.6 Å². The maximum atomic E-state index is 12.4. The summed E-state index contributed by atoms with van der Waals surface area (Å²) in [5, 5.41) is 20.0. The van der Waals surface area contributed by atoms with Crippen LogP contribution < -0.4 is 16.0 Å². The zero-order valence-electron chi connectivity index (χ0n) is 17.6. The van der Waals surface area contributed by atoms with Crippen LogP contribution in [-0.2, 0) is 0 Å². The van der Waals surface area contributed by atoms with E-state index >= 15 is 0 Å². The van der Waals surface area contributed by atoms with E-state index in [0.717, 1.165) is 17.1 Å². The molecule has 9 heteroatoms. The molecule has 0 radical (unpaired) electrons. The number of carbonyl (C=O) groups is 1. The fourth-order valence-corrected chi connectivity index (χ4v) is 3.09. The molecular formula is C24H20N6O3. The first-order valence-electron chi connectivity index (χ1n) is 10.1. The fraction of sp³-hybridized carbons (Fsp3) is 0.0417. The minimum absolute atomic E-state index is 0.138. The Balaban J connectivity index is 1.43. The SMILES string of the molecule is Cc1cc(Nc2ccccc2)nc(Nc2ccc(NC(=O)c3cccc([N+](=O)[O-])c3)cc2)n1. The topological polar surface area (TPSA) is 122 Å². The van der Waals surface area contributed by atoms with E-state index in [1.807, 2.05) is 43.3 Å². The number of hydrogen-bond acceptors (Lipinski definition) is 7. The summed E-state index contributed by atoms with van der Waals surface area (Å²) in [5.41, 5.74) is 3.07. The van der Waals surface area contributed by atoms with Gasteiger partial charge in [0.15, 0.2) is 0 Å². The molecule has 1 amide bonds. The van der Waals surface area contributed by atoms with Gasteiger partial charge in [0.05, 0.1) is 4.92 Å². The quantitative estimate of drug-likeness (QED) is 0.259. The molecule has 9 nitrogen and oxygen atoms in total. The fourth-order valence-electron chi connectivity index (χ4n) is 3.09. The molecule has 1 aromatic heterocycles. The number of rotatable bonds is 7. The van der Waals surface area contributed by atoms with Crippen molar-refractivity contribution in [2.45, 2.75) is 6.92 Å². The van der Waals surface area contributed by atoms with Gasteiger partial charge in [-0.05, 0) is 49.4 Å². The third-order valence-electron chi connectivity index (χ3n) is 4.62. The van der Waals surface area contributed by atoms with E-state index < -0.39 is 10.8 Å². The Morgan fingerprint density at radius 3 is 2.24 bits per heavy atom. The summed E-state index contributed by atoms with van der Waals surface area (Å²) in [7, 11) is 0. The van der Waals surface area contributed by atoms with Gasteiger partial charge in [0.1, 0.15) is 5.82 Å². The Labute approximate surface area is 189 Å². The lowest BCUT2D eigenvalue weighted by Crippen LogP contribution is -2.12. The number of nitro groups is 1. The smallest absolute Gasteiger partial charge is 0.270 e. The molecule has 0 fully saturated rings. The van der Waals surface area contributed by atoms with Crippen molar-refractivity contribution in [2.24, 2.45) is 0 Å². The van der Waals surface area contributed by atoms with Crippen LogP contribution >= 0.6 is 0 Å². The second-order valence-electron chi connectivity index (χ2n) is 7.17. The number of amides is 1. The van der Waals surface area contributed by atoms with Gasteiger partial charge in [0, 0.05) is 46.5 Å². The van der Waals surface area contributed by atoms with Crippen LogP contribution in [0.1, 0.15) is 16.1 Å². The summed E-state index contributed by atoms with van der Waals surface area (Å²) in [6.45, 7) is 1.88. The predicted octanol–water partition coefficient (Wildman–Crippen LogP) is 5.43. The lowest BCUT2D eigenvalue weighted by Gasteiger charge is -2.11. The molecule has 0 saturated carbocycles. The Kier molecular flexibility index (Phi) is 6.21. The largest absolute Gasteiger partial charge is 0.340 e. The standard InChI is InChI=1S/C24H20N6O3/c1-16-14-22(26-18-7-3-2-4-8-18)29-24(25-16)28-20-12-10-19(11-13-20)27-23(31)17-6-5-9-21(15-17)30(32)33/h2-15H,1H3,(H,27,31)(H2,25,26,28,29). The summed E-state index contributed by atoms with van der Waals surface area (Å²) >= 11 is 0. The molecule has 0 aliphatic rings. The zero-order valence-corrected chi connectivity index (χ0v) is 17.6. The molecule has 0 aliphatic carbocycles. The summed E-state index contributed by atoms with van der Waals surface area (Å²) in [6.07, 6.45) is 0. The van der Waals surface area contributed by atoms with Crippen molar-refractivity contribution in [3.05, 3.63) is 106 Å². The molecule has 0 bridgehead atoms. The minimum atomic E-state index is -0.536. The molecule has 164 valence electrons. The number of anilines is 5. The molecule has 4 rings (SSSR count).